The summed E-state index contributed by atoms with van der Waals surface area (Å²) in [5, 5.41) is 1.15. The molecule has 0 N–H and O–H groups in total. The van der Waals surface area contributed by atoms with Gasteiger partial charge in [-0.25, -0.2) is 4.98 Å². The summed E-state index contributed by atoms with van der Waals surface area (Å²) in [5.41, 5.74) is 2.29. The molecular formula is C14H16BrNO. The van der Waals surface area contributed by atoms with Crippen LogP contribution in [0.3, 0.4) is 0 Å². The van der Waals surface area contributed by atoms with Crippen LogP contribution in [0.1, 0.15) is 26.3 Å². The zero-order valence-electron chi connectivity index (χ0n) is 10.5. The van der Waals surface area contributed by atoms with E-state index in [1.807, 2.05) is 12.1 Å². The van der Waals surface area contributed by atoms with Crippen LogP contribution in [-0.2, 0) is 5.41 Å². The molecule has 1 aromatic carbocycles. The number of aromatic nitrogens is 1. The van der Waals surface area contributed by atoms with E-state index in [1.165, 1.54) is 5.56 Å². The SMILES string of the molecule is COc1ccc(C(C)(C)C)c2ccc(Br)nc12. The number of pyridine rings is 1. The van der Waals surface area contributed by atoms with Crippen molar-refractivity contribution in [3.05, 3.63) is 34.4 Å². The number of methoxy groups -OCH3 is 1. The van der Waals surface area contributed by atoms with Crippen LogP contribution in [0.15, 0.2) is 28.9 Å². The lowest BCUT2D eigenvalue weighted by molar-refractivity contribution is 0.418. The van der Waals surface area contributed by atoms with Gasteiger partial charge in [-0.15, -0.1) is 0 Å². The largest absolute Gasteiger partial charge is 0.494 e. The molecule has 17 heavy (non-hydrogen) atoms. The summed E-state index contributed by atoms with van der Waals surface area (Å²) in [4.78, 5) is 4.51. The maximum absolute atomic E-state index is 5.37. The molecule has 0 radical (unpaired) electrons. The Morgan fingerprint density at radius 2 is 1.82 bits per heavy atom. The summed E-state index contributed by atoms with van der Waals surface area (Å²) in [6, 6.07) is 8.17. The van der Waals surface area contributed by atoms with Gasteiger partial charge in [0.05, 0.1) is 7.11 Å². The lowest BCUT2D eigenvalue weighted by Gasteiger charge is -2.22. The molecule has 1 aromatic heterocycles. The lowest BCUT2D eigenvalue weighted by Crippen LogP contribution is -2.12. The minimum absolute atomic E-state index is 0.0973. The van der Waals surface area contributed by atoms with E-state index in [-0.39, 0.29) is 5.41 Å². The van der Waals surface area contributed by atoms with Gasteiger partial charge in [-0.2, -0.15) is 0 Å². The first kappa shape index (κ1) is 12.4. The first-order valence-corrected chi connectivity index (χ1v) is 6.36. The summed E-state index contributed by atoms with van der Waals surface area (Å²) in [5.74, 6) is 0.814. The van der Waals surface area contributed by atoms with Crippen molar-refractivity contribution < 1.29 is 4.74 Å². The van der Waals surface area contributed by atoms with Gasteiger partial charge in [-0.05, 0) is 45.1 Å². The molecule has 2 aromatic rings. The maximum Gasteiger partial charge on any atom is 0.145 e. The van der Waals surface area contributed by atoms with Crippen molar-refractivity contribution in [2.45, 2.75) is 26.2 Å². The van der Waals surface area contributed by atoms with Crippen LogP contribution >= 0.6 is 15.9 Å². The topological polar surface area (TPSA) is 22.1 Å². The third-order valence-electron chi connectivity index (χ3n) is 2.81. The van der Waals surface area contributed by atoms with Crippen molar-refractivity contribution in [1.82, 2.24) is 4.98 Å². The molecular weight excluding hydrogens is 278 g/mol. The van der Waals surface area contributed by atoms with Crippen LogP contribution in [-0.4, -0.2) is 12.1 Å². The van der Waals surface area contributed by atoms with Crippen LogP contribution in [0.4, 0.5) is 0 Å². The highest BCUT2D eigenvalue weighted by Crippen LogP contribution is 2.34. The van der Waals surface area contributed by atoms with E-state index in [1.54, 1.807) is 7.11 Å². The molecule has 0 spiro atoms. The van der Waals surface area contributed by atoms with Crippen molar-refractivity contribution in [3.63, 3.8) is 0 Å². The monoisotopic (exact) mass is 293 g/mol. The molecule has 0 aliphatic rings. The molecule has 0 saturated carbocycles. The number of halogens is 1. The molecule has 0 amide bonds. The van der Waals surface area contributed by atoms with Crippen LogP contribution < -0.4 is 4.74 Å². The third-order valence-corrected chi connectivity index (χ3v) is 3.26. The van der Waals surface area contributed by atoms with E-state index in [4.69, 9.17) is 4.74 Å². The fourth-order valence-electron chi connectivity index (χ4n) is 1.99. The average molecular weight is 294 g/mol. The van der Waals surface area contributed by atoms with Gasteiger partial charge < -0.3 is 4.74 Å². The first-order valence-electron chi connectivity index (χ1n) is 5.57. The van der Waals surface area contributed by atoms with E-state index in [0.29, 0.717) is 0 Å². The number of nitrogens with zero attached hydrogens (tertiary/aromatic N) is 1. The van der Waals surface area contributed by atoms with Crippen LogP contribution in [0.5, 0.6) is 5.75 Å². The van der Waals surface area contributed by atoms with Gasteiger partial charge in [0.15, 0.2) is 0 Å². The summed E-state index contributed by atoms with van der Waals surface area (Å²) < 4.78 is 6.19. The highest BCUT2D eigenvalue weighted by molar-refractivity contribution is 9.10. The smallest absolute Gasteiger partial charge is 0.145 e. The second kappa shape index (κ2) is 4.30. The zero-order chi connectivity index (χ0) is 12.6. The van der Waals surface area contributed by atoms with Gasteiger partial charge in [-0.3, -0.25) is 0 Å². The number of ether oxygens (including phenoxy) is 1. The Morgan fingerprint density at radius 1 is 1.12 bits per heavy atom. The number of hydrogen-bond acceptors (Lipinski definition) is 2. The third kappa shape index (κ3) is 2.29. The molecule has 2 rings (SSSR count). The molecule has 0 aliphatic carbocycles. The Morgan fingerprint density at radius 3 is 2.41 bits per heavy atom. The summed E-state index contributed by atoms with van der Waals surface area (Å²) in [7, 11) is 1.67. The van der Waals surface area contributed by atoms with Crippen molar-refractivity contribution in [2.24, 2.45) is 0 Å². The number of hydrogen-bond donors (Lipinski definition) is 0. The molecule has 0 bridgehead atoms. The zero-order valence-corrected chi connectivity index (χ0v) is 12.1. The predicted molar refractivity (Wildman–Crippen MR) is 74.7 cm³/mol. The fourth-order valence-corrected chi connectivity index (χ4v) is 2.30. The molecule has 0 atom stereocenters. The highest BCUT2D eigenvalue weighted by atomic mass is 79.9. The summed E-state index contributed by atoms with van der Waals surface area (Å²) in [6.45, 7) is 6.61. The maximum atomic E-state index is 5.37. The normalized spacial score (nSPS) is 11.8. The van der Waals surface area contributed by atoms with Crippen LogP contribution in [0, 0.1) is 0 Å². The Kier molecular flexibility index (Phi) is 3.13. The quantitative estimate of drug-likeness (QED) is 0.731. The van der Waals surface area contributed by atoms with Crippen molar-refractivity contribution in [1.29, 1.82) is 0 Å². The summed E-state index contributed by atoms with van der Waals surface area (Å²) in [6.07, 6.45) is 0. The Labute approximate surface area is 110 Å². The molecule has 0 aliphatic heterocycles. The fraction of sp³-hybridized carbons (Fsp3) is 0.357. The molecule has 0 unspecified atom stereocenters. The van der Waals surface area contributed by atoms with Gasteiger partial charge in [0.1, 0.15) is 15.9 Å². The van der Waals surface area contributed by atoms with E-state index in [0.717, 1.165) is 21.3 Å². The van der Waals surface area contributed by atoms with E-state index in [2.05, 4.69) is 53.8 Å². The molecule has 3 heteroatoms. The highest BCUT2D eigenvalue weighted by Gasteiger charge is 2.18. The molecule has 2 nitrogen and oxygen atoms in total. The molecule has 1 heterocycles. The van der Waals surface area contributed by atoms with Crippen LogP contribution in [0.25, 0.3) is 10.9 Å². The van der Waals surface area contributed by atoms with Crippen molar-refractivity contribution in [2.75, 3.05) is 7.11 Å². The minimum Gasteiger partial charge on any atom is -0.494 e. The van der Waals surface area contributed by atoms with E-state index in [9.17, 15) is 0 Å². The van der Waals surface area contributed by atoms with Crippen molar-refractivity contribution >= 4 is 26.8 Å². The van der Waals surface area contributed by atoms with E-state index >= 15 is 0 Å². The minimum atomic E-state index is 0.0973. The lowest BCUT2D eigenvalue weighted by atomic mass is 9.84. The number of benzene rings is 1. The van der Waals surface area contributed by atoms with Crippen molar-refractivity contribution in [3.8, 4) is 5.75 Å². The predicted octanol–water partition coefficient (Wildman–Crippen LogP) is 4.30. The number of fused-ring (bicyclic) bond motifs is 1. The Hall–Kier alpha value is -1.09. The van der Waals surface area contributed by atoms with E-state index < -0.39 is 0 Å². The average Bonchev–Trinajstić information content (AvgIpc) is 2.26. The standard InChI is InChI=1S/C14H16BrNO/c1-14(2,3)10-6-7-11(17-4)13-9(10)5-8-12(15)16-13/h5-8H,1-4H3. The van der Waals surface area contributed by atoms with Gasteiger partial charge in [0, 0.05) is 5.39 Å². The first-order chi connectivity index (χ1) is 7.93. The molecule has 90 valence electrons. The Bertz CT molecular complexity index is 558. The Balaban J connectivity index is 2.83. The second-order valence-electron chi connectivity index (χ2n) is 5.10. The van der Waals surface area contributed by atoms with Gasteiger partial charge in [0.2, 0.25) is 0 Å². The second-order valence-corrected chi connectivity index (χ2v) is 5.91. The summed E-state index contributed by atoms with van der Waals surface area (Å²) >= 11 is 3.40. The van der Waals surface area contributed by atoms with Crippen LogP contribution in [0.2, 0.25) is 0 Å². The van der Waals surface area contributed by atoms with Gasteiger partial charge >= 0.3 is 0 Å². The molecule has 0 saturated heterocycles. The van der Waals surface area contributed by atoms with Gasteiger partial charge in [0.25, 0.3) is 0 Å². The number of rotatable bonds is 1. The molecule has 0 fully saturated rings. The van der Waals surface area contributed by atoms with Gasteiger partial charge in [-0.1, -0.05) is 26.8 Å².